The molecule has 0 atom stereocenters. The fraction of sp³-hybridized carbons (Fsp3) is 0.552. The van der Waals surface area contributed by atoms with Gasteiger partial charge in [0.2, 0.25) is 0 Å². The van der Waals surface area contributed by atoms with Crippen molar-refractivity contribution >= 4 is 11.7 Å². The third-order valence-corrected chi connectivity index (χ3v) is 7.76. The topological polar surface area (TPSA) is 19.9 Å². The van der Waals surface area contributed by atoms with E-state index in [0.717, 1.165) is 0 Å². The van der Waals surface area contributed by atoms with Crippen molar-refractivity contribution in [1.82, 2.24) is 0 Å². The predicted octanol–water partition coefficient (Wildman–Crippen LogP) is 8.69. The van der Waals surface area contributed by atoms with Crippen LogP contribution in [0.1, 0.15) is 110 Å². The summed E-state index contributed by atoms with van der Waals surface area (Å²) >= 11 is 2.05. The molecule has 0 spiro atoms. The third kappa shape index (κ3) is 9.54. The molecular weight excluding hydrogens is 586 g/mol. The van der Waals surface area contributed by atoms with Crippen LogP contribution in [0.2, 0.25) is 0 Å². The zero-order valence-corrected chi connectivity index (χ0v) is 25.7. The monoisotopic (exact) mass is 630 g/mol. The van der Waals surface area contributed by atoms with E-state index in [9.17, 15) is 0 Å². The van der Waals surface area contributed by atoms with Gasteiger partial charge in [-0.25, -0.2) is 0 Å². The molecule has 0 aromatic heterocycles. The maximum atomic E-state index is 7.50. The Labute approximate surface area is 209 Å². The Morgan fingerprint density at radius 2 is 1.12 bits per heavy atom. The number of hydrogen-bond acceptors (Lipinski definition) is 0. The molecule has 0 heterocycles. The first-order valence-electron chi connectivity index (χ1n) is 11.3. The van der Waals surface area contributed by atoms with Crippen molar-refractivity contribution in [3.63, 3.8) is 0 Å². The van der Waals surface area contributed by atoms with Crippen LogP contribution in [0.3, 0.4) is 0 Å². The van der Waals surface area contributed by atoms with E-state index in [-0.39, 0.29) is 16.2 Å². The van der Waals surface area contributed by atoms with Gasteiger partial charge in [-0.15, -0.1) is 0 Å². The Balaban J connectivity index is 0.000000668. The van der Waals surface area contributed by atoms with Gasteiger partial charge in [0.1, 0.15) is 0 Å². The average Bonchev–Trinajstić information content (AvgIpc) is 2.67. The van der Waals surface area contributed by atoms with Crippen LogP contribution in [0, 0.1) is 13.6 Å². The van der Waals surface area contributed by atoms with Crippen LogP contribution in [0.25, 0.3) is 0 Å². The molecule has 0 aliphatic rings. The van der Waals surface area contributed by atoms with Crippen molar-refractivity contribution in [1.29, 1.82) is 0 Å². The summed E-state index contributed by atoms with van der Waals surface area (Å²) in [7, 11) is 0. The van der Waals surface area contributed by atoms with Gasteiger partial charge >= 0.3 is 148 Å². The fourth-order valence-electron chi connectivity index (χ4n) is 3.25. The molecule has 2 rings (SSSR count). The van der Waals surface area contributed by atoms with Crippen LogP contribution in [-0.2, 0) is 38.5 Å². The van der Waals surface area contributed by atoms with Crippen molar-refractivity contribution in [2.24, 2.45) is 0 Å². The molecular formula is C29H43OOsP. The molecule has 0 bridgehead atoms. The molecule has 0 unspecified atom stereocenters. The van der Waals surface area contributed by atoms with Crippen LogP contribution in [0.15, 0.2) is 36.4 Å². The van der Waals surface area contributed by atoms with E-state index in [1.807, 2.05) is 17.6 Å². The summed E-state index contributed by atoms with van der Waals surface area (Å²) < 4.78 is 7.50. The SMILES string of the molecule is CC(C)(C)c1cc(C(C)(C)C)c([P]=[Os])c(C(C)(C)C)c1.Cc1ccc(C(C)C)cc1.[C-]#[O+]. The Morgan fingerprint density at radius 1 is 0.750 bits per heavy atom. The average molecular weight is 629 g/mol. The van der Waals surface area contributed by atoms with Crippen molar-refractivity contribution in [2.45, 2.75) is 105 Å². The summed E-state index contributed by atoms with van der Waals surface area (Å²) in [5.74, 6) is 0.653. The number of aryl methyl sites for hydroxylation is 1. The molecule has 0 aliphatic heterocycles. The Hall–Kier alpha value is -0.884. The quantitative estimate of drug-likeness (QED) is 0.180. The van der Waals surface area contributed by atoms with Crippen LogP contribution in [0.4, 0.5) is 0 Å². The molecule has 0 aliphatic carbocycles. The van der Waals surface area contributed by atoms with Gasteiger partial charge < -0.3 is 0 Å². The fourth-order valence-corrected chi connectivity index (χ4v) is 6.05. The van der Waals surface area contributed by atoms with E-state index in [2.05, 4.69) is 126 Å². The van der Waals surface area contributed by atoms with Crippen LogP contribution in [0.5, 0.6) is 0 Å². The summed E-state index contributed by atoms with van der Waals surface area (Å²) in [5, 5.41) is 1.54. The van der Waals surface area contributed by atoms with Crippen molar-refractivity contribution in [2.75, 3.05) is 0 Å². The van der Waals surface area contributed by atoms with Gasteiger partial charge in [-0.3, -0.25) is 0 Å². The third-order valence-electron chi connectivity index (χ3n) is 5.42. The Kier molecular flexibility index (Phi) is 12.2. The minimum absolute atomic E-state index is 0.198. The van der Waals surface area contributed by atoms with Gasteiger partial charge in [-0.05, 0) is 18.4 Å². The number of benzene rings is 2. The summed E-state index contributed by atoms with van der Waals surface area (Å²) in [6, 6.07) is 13.6. The second-order valence-corrected chi connectivity index (χ2v) is 14.1. The van der Waals surface area contributed by atoms with Crippen molar-refractivity contribution < 1.29 is 22.3 Å². The molecule has 2 aromatic carbocycles. The molecule has 0 saturated carbocycles. The molecule has 2 aromatic rings. The van der Waals surface area contributed by atoms with Gasteiger partial charge in [0, 0.05) is 0 Å². The summed E-state index contributed by atoms with van der Waals surface area (Å²) in [6.07, 6.45) is 1.40. The number of rotatable bonds is 2. The van der Waals surface area contributed by atoms with E-state index < -0.39 is 0 Å². The van der Waals surface area contributed by atoms with Gasteiger partial charge in [-0.2, -0.15) is 0 Å². The van der Waals surface area contributed by atoms with Gasteiger partial charge in [0.15, 0.2) is 0 Å². The van der Waals surface area contributed by atoms with Gasteiger partial charge in [0.25, 0.3) is 0 Å². The van der Waals surface area contributed by atoms with E-state index in [1.54, 1.807) is 0 Å². The van der Waals surface area contributed by atoms with Crippen LogP contribution in [-0.4, -0.2) is 0 Å². The molecule has 3 heteroatoms. The van der Waals surface area contributed by atoms with E-state index in [1.165, 1.54) is 39.5 Å². The Morgan fingerprint density at radius 3 is 1.38 bits per heavy atom. The summed E-state index contributed by atoms with van der Waals surface area (Å²) in [5.41, 5.74) is 7.86. The van der Waals surface area contributed by atoms with Crippen molar-refractivity contribution in [3.05, 3.63) is 70.9 Å². The van der Waals surface area contributed by atoms with Crippen LogP contribution < -0.4 is 5.30 Å². The van der Waals surface area contributed by atoms with E-state index >= 15 is 0 Å². The summed E-state index contributed by atoms with van der Waals surface area (Å²) in [4.78, 5) is 0. The first kappa shape index (κ1) is 31.1. The summed E-state index contributed by atoms with van der Waals surface area (Å²) in [6.45, 7) is 32.0. The van der Waals surface area contributed by atoms with E-state index in [4.69, 9.17) is 4.65 Å². The minimum atomic E-state index is 0.198. The molecule has 0 amide bonds. The van der Waals surface area contributed by atoms with Gasteiger partial charge in [-0.1, -0.05) is 43.7 Å². The molecule has 0 saturated heterocycles. The molecule has 32 heavy (non-hydrogen) atoms. The number of hydrogen-bond donors (Lipinski definition) is 0. The molecule has 0 fully saturated rings. The van der Waals surface area contributed by atoms with Gasteiger partial charge in [0.05, 0.1) is 0 Å². The second-order valence-electron chi connectivity index (χ2n) is 11.8. The zero-order valence-electron chi connectivity index (χ0n) is 22.3. The maximum absolute atomic E-state index is 7.50. The molecule has 0 N–H and O–H groups in total. The normalized spacial score (nSPS) is 12.0. The standard InChI is InChI=1S/C18H29P.C10H14.CO.Os/c1-16(2,3)12-10-13(17(4,5)6)15(19)14(11-12)18(7,8)9;1-8(2)10-6-4-9(3)5-7-10;1-2;/h10-11H,1-9H3;4-8H,1-3H3;;. The second kappa shape index (κ2) is 12.5. The van der Waals surface area contributed by atoms with Crippen LogP contribution >= 0.6 is 6.41 Å². The molecule has 1 nitrogen and oxygen atoms in total. The Bertz CT molecular complexity index is 851. The van der Waals surface area contributed by atoms with Crippen molar-refractivity contribution in [3.8, 4) is 0 Å². The van der Waals surface area contributed by atoms with E-state index in [0.29, 0.717) is 5.92 Å². The predicted molar refractivity (Wildman–Crippen MR) is 138 cm³/mol. The first-order valence-corrected chi connectivity index (χ1v) is 15.4. The molecule has 178 valence electrons. The first-order chi connectivity index (χ1) is 14.5. The molecule has 0 radical (unpaired) electrons. The zero-order chi connectivity index (χ0) is 25.5.